The number of hydrogen-bond donors (Lipinski definition) is 0. The third-order valence-corrected chi connectivity index (χ3v) is 6.89. The molecule has 0 aliphatic carbocycles. The Morgan fingerprint density at radius 1 is 1.00 bits per heavy atom. The number of hydrazone groups is 1. The third kappa shape index (κ3) is 3.91. The van der Waals surface area contributed by atoms with Gasteiger partial charge in [0, 0.05) is 31.5 Å². The minimum absolute atomic E-state index is 0.185. The van der Waals surface area contributed by atoms with Crippen LogP contribution in [0.4, 0.5) is 0 Å². The molecule has 0 radical (unpaired) electrons. The molecule has 156 valence electrons. The summed E-state index contributed by atoms with van der Waals surface area (Å²) >= 11 is 19.6. The van der Waals surface area contributed by atoms with E-state index in [0.29, 0.717) is 27.8 Å². The number of hydrogen-bond acceptors (Lipinski definition) is 4. The topological polar surface area (TPSA) is 41.9 Å². The molecule has 4 nitrogen and oxygen atoms in total. The number of rotatable bonds is 3. The van der Waals surface area contributed by atoms with Gasteiger partial charge in [0.15, 0.2) is 0 Å². The number of benzene rings is 3. The summed E-state index contributed by atoms with van der Waals surface area (Å²) in [6.07, 6.45) is -0.316. The van der Waals surface area contributed by atoms with Gasteiger partial charge in [-0.25, -0.2) is 5.01 Å². The summed E-state index contributed by atoms with van der Waals surface area (Å²) in [6.45, 7) is 0. The average molecular weight is 581 g/mol. The first kappa shape index (κ1) is 21.0. The van der Waals surface area contributed by atoms with Gasteiger partial charge in [-0.3, -0.25) is 4.79 Å². The fourth-order valence-corrected chi connectivity index (χ4v) is 4.94. The van der Waals surface area contributed by atoms with E-state index in [1.807, 2.05) is 42.5 Å². The molecule has 3 aromatic rings. The Bertz CT molecular complexity index is 1210. The second-order valence-electron chi connectivity index (χ2n) is 7.30. The van der Waals surface area contributed by atoms with Crippen molar-refractivity contribution in [3.63, 3.8) is 0 Å². The van der Waals surface area contributed by atoms with E-state index in [1.54, 1.807) is 23.2 Å². The SMILES string of the molecule is O=C(c1ccc(Br)cc1)[C@H]1Oc2c(Cl)cc(Cl)cc2[C@H]2CC(c3ccc(Br)cc3)=NN12. The zero-order valence-electron chi connectivity index (χ0n) is 15.9. The summed E-state index contributed by atoms with van der Waals surface area (Å²) in [4.78, 5) is 13.4. The van der Waals surface area contributed by atoms with Crippen molar-refractivity contribution in [3.8, 4) is 5.75 Å². The van der Waals surface area contributed by atoms with Gasteiger partial charge in [-0.05, 0) is 42.0 Å². The second-order valence-corrected chi connectivity index (χ2v) is 9.98. The lowest BCUT2D eigenvalue weighted by Crippen LogP contribution is -2.46. The standard InChI is InChI=1S/C23H14Br2Cl2N2O2/c24-14-5-1-12(2-6-14)19-11-20-17-9-16(26)10-18(27)22(17)31-23(29(20)28-19)21(30)13-3-7-15(25)8-4-13/h1-10,20,23H,11H2/t20-,23-/m1/s1. The highest BCUT2D eigenvalue weighted by molar-refractivity contribution is 9.10. The summed E-state index contributed by atoms with van der Waals surface area (Å²) in [5, 5.41) is 7.44. The number of ketones is 1. The zero-order valence-corrected chi connectivity index (χ0v) is 20.5. The van der Waals surface area contributed by atoms with Crippen molar-refractivity contribution in [2.45, 2.75) is 18.7 Å². The number of fused-ring (bicyclic) bond motifs is 3. The van der Waals surface area contributed by atoms with Crippen LogP contribution in [-0.2, 0) is 0 Å². The van der Waals surface area contributed by atoms with E-state index in [4.69, 9.17) is 33.0 Å². The number of Topliss-reactive ketones (excluding diaryl/α,β-unsaturated/α-hetero) is 1. The van der Waals surface area contributed by atoms with Crippen LogP contribution in [0, 0.1) is 0 Å². The second kappa shape index (κ2) is 8.24. The van der Waals surface area contributed by atoms with E-state index in [0.717, 1.165) is 25.8 Å². The quantitative estimate of drug-likeness (QED) is 0.306. The van der Waals surface area contributed by atoms with E-state index in [-0.39, 0.29) is 11.8 Å². The van der Waals surface area contributed by atoms with Crippen LogP contribution in [0.5, 0.6) is 5.75 Å². The van der Waals surface area contributed by atoms with Gasteiger partial charge in [0.2, 0.25) is 5.78 Å². The number of halogens is 4. The van der Waals surface area contributed by atoms with Crippen molar-refractivity contribution in [1.82, 2.24) is 5.01 Å². The molecule has 31 heavy (non-hydrogen) atoms. The molecule has 0 N–H and O–H groups in total. The van der Waals surface area contributed by atoms with E-state index in [2.05, 4.69) is 31.9 Å². The number of carbonyl (C=O) groups excluding carboxylic acids is 1. The van der Waals surface area contributed by atoms with E-state index in [1.165, 1.54) is 0 Å². The van der Waals surface area contributed by atoms with E-state index < -0.39 is 6.23 Å². The molecule has 2 aliphatic heterocycles. The highest BCUT2D eigenvalue weighted by Gasteiger charge is 2.44. The molecule has 2 atom stereocenters. The van der Waals surface area contributed by atoms with Crippen molar-refractivity contribution in [2.24, 2.45) is 5.10 Å². The molecule has 3 aromatic carbocycles. The lowest BCUT2D eigenvalue weighted by atomic mass is 9.95. The first-order valence-electron chi connectivity index (χ1n) is 9.48. The summed E-state index contributed by atoms with van der Waals surface area (Å²) < 4.78 is 8.02. The van der Waals surface area contributed by atoms with Crippen LogP contribution >= 0.6 is 55.1 Å². The summed E-state index contributed by atoms with van der Waals surface area (Å²) in [5.41, 5.74) is 3.22. The molecular weight excluding hydrogens is 567 g/mol. The molecule has 8 heteroatoms. The van der Waals surface area contributed by atoms with Crippen LogP contribution in [0.3, 0.4) is 0 Å². The Kier molecular flexibility index (Phi) is 5.59. The summed E-state index contributed by atoms with van der Waals surface area (Å²) in [5.74, 6) is 0.296. The number of ether oxygens (including phenoxy) is 1. The molecule has 2 heterocycles. The highest BCUT2D eigenvalue weighted by atomic mass is 79.9. The third-order valence-electron chi connectivity index (χ3n) is 5.34. The largest absolute Gasteiger partial charge is 0.459 e. The van der Waals surface area contributed by atoms with Gasteiger partial charge >= 0.3 is 0 Å². The van der Waals surface area contributed by atoms with Crippen molar-refractivity contribution in [1.29, 1.82) is 0 Å². The van der Waals surface area contributed by atoms with Gasteiger partial charge in [0.05, 0.1) is 16.8 Å². The molecular formula is C23H14Br2Cl2N2O2. The van der Waals surface area contributed by atoms with E-state index >= 15 is 0 Å². The first-order chi connectivity index (χ1) is 14.9. The first-order valence-corrected chi connectivity index (χ1v) is 11.8. The van der Waals surface area contributed by atoms with Gasteiger partial charge in [-0.2, -0.15) is 5.10 Å². The Balaban J connectivity index is 1.59. The van der Waals surface area contributed by atoms with Gasteiger partial charge < -0.3 is 4.74 Å². The highest BCUT2D eigenvalue weighted by Crippen LogP contribution is 2.47. The lowest BCUT2D eigenvalue weighted by Gasteiger charge is -2.37. The molecule has 0 saturated heterocycles. The summed E-state index contributed by atoms with van der Waals surface area (Å²) in [6, 6.07) is 18.4. The Morgan fingerprint density at radius 2 is 1.65 bits per heavy atom. The maximum atomic E-state index is 13.4. The number of carbonyl (C=O) groups is 1. The predicted octanol–water partition coefficient (Wildman–Crippen LogP) is 7.27. The predicted molar refractivity (Wildman–Crippen MR) is 129 cm³/mol. The molecule has 0 amide bonds. The molecule has 0 aromatic heterocycles. The van der Waals surface area contributed by atoms with E-state index in [9.17, 15) is 4.79 Å². The average Bonchev–Trinajstić information content (AvgIpc) is 3.19. The van der Waals surface area contributed by atoms with Crippen LogP contribution in [0.25, 0.3) is 0 Å². The van der Waals surface area contributed by atoms with Gasteiger partial charge in [-0.15, -0.1) is 0 Å². The minimum atomic E-state index is -0.926. The van der Waals surface area contributed by atoms with Gasteiger partial charge in [-0.1, -0.05) is 79.3 Å². The lowest BCUT2D eigenvalue weighted by molar-refractivity contribution is -0.00448. The van der Waals surface area contributed by atoms with Gasteiger partial charge in [0.1, 0.15) is 5.75 Å². The number of nitrogens with zero attached hydrogens (tertiary/aromatic N) is 2. The molecule has 0 unspecified atom stereocenters. The molecule has 0 saturated carbocycles. The summed E-state index contributed by atoms with van der Waals surface area (Å²) in [7, 11) is 0. The Hall–Kier alpha value is -1.86. The van der Waals surface area contributed by atoms with Crippen molar-refractivity contribution in [3.05, 3.63) is 96.3 Å². The Labute approximate surface area is 206 Å². The van der Waals surface area contributed by atoms with Gasteiger partial charge in [0.25, 0.3) is 6.23 Å². The van der Waals surface area contributed by atoms with Crippen molar-refractivity contribution >= 4 is 66.6 Å². The fraction of sp³-hybridized carbons (Fsp3) is 0.130. The normalized spacial score (nSPS) is 19.4. The fourth-order valence-electron chi connectivity index (χ4n) is 3.86. The maximum absolute atomic E-state index is 13.4. The minimum Gasteiger partial charge on any atom is -0.459 e. The molecule has 2 aliphatic rings. The smallest absolute Gasteiger partial charge is 0.251 e. The van der Waals surface area contributed by atoms with Crippen molar-refractivity contribution < 1.29 is 9.53 Å². The molecule has 5 rings (SSSR count). The Morgan fingerprint density at radius 3 is 2.32 bits per heavy atom. The van der Waals surface area contributed by atoms with Crippen LogP contribution < -0.4 is 4.74 Å². The van der Waals surface area contributed by atoms with Crippen LogP contribution in [0.15, 0.2) is 74.7 Å². The maximum Gasteiger partial charge on any atom is 0.251 e. The van der Waals surface area contributed by atoms with Crippen LogP contribution in [0.2, 0.25) is 10.0 Å². The molecule has 0 bridgehead atoms. The van der Waals surface area contributed by atoms with Crippen molar-refractivity contribution in [2.75, 3.05) is 0 Å². The van der Waals surface area contributed by atoms with Crippen LogP contribution in [0.1, 0.15) is 33.9 Å². The molecule has 0 spiro atoms. The zero-order chi connectivity index (χ0) is 21.7. The molecule has 0 fully saturated rings. The monoisotopic (exact) mass is 578 g/mol. The van der Waals surface area contributed by atoms with Crippen LogP contribution in [-0.4, -0.2) is 22.7 Å².